The second-order valence-electron chi connectivity index (χ2n) is 22.7. The Morgan fingerprint density at radius 3 is 0.713 bits per heavy atom. The van der Waals surface area contributed by atoms with E-state index in [1.165, 1.54) is 281 Å². The van der Waals surface area contributed by atoms with E-state index in [2.05, 4.69) is 35.7 Å². The molecule has 0 aliphatic rings. The fourth-order valence-corrected chi connectivity index (χ4v) is 10.1. The maximum atomic E-state index is 10.3. The van der Waals surface area contributed by atoms with E-state index in [4.69, 9.17) is 29.2 Å². The van der Waals surface area contributed by atoms with Crippen molar-refractivity contribution in [3.05, 3.63) is 0 Å². The highest BCUT2D eigenvalue weighted by Gasteiger charge is 2.21. The molecule has 0 radical (unpaired) electrons. The summed E-state index contributed by atoms with van der Waals surface area (Å²) in [6, 6.07) is 0. The fraction of sp³-hybridized carbons (Fsp3) is 0.955. The molecule has 1 heterocycles. The smallest absolute Gasteiger partial charge is 0.235 e. The summed E-state index contributed by atoms with van der Waals surface area (Å²) in [4.78, 5) is 18.7. The number of nitrogens with zero attached hydrogens (tertiary/aromatic N) is 6. The van der Waals surface area contributed by atoms with E-state index in [9.17, 15) is 10.2 Å². The lowest BCUT2D eigenvalue weighted by atomic mass is 10.0. The highest BCUT2D eigenvalue weighted by molar-refractivity contribution is 5.45. The molecule has 478 valence electrons. The molecular weight excluding hydrogens is 1000 g/mol. The van der Waals surface area contributed by atoms with Crippen LogP contribution in [0.2, 0.25) is 0 Å². The summed E-state index contributed by atoms with van der Waals surface area (Å²) in [5.74, 6) is 0.752. The van der Waals surface area contributed by atoms with Gasteiger partial charge in [0.15, 0.2) is 0 Å². The Bertz CT molecular complexity index is 1280. The van der Waals surface area contributed by atoms with Crippen LogP contribution in [0, 0.1) is 0 Å². The number of unbranched alkanes of at least 4 members (excludes halogenated alkanes) is 45. The number of aliphatic hydroxyl groups excluding tert-OH is 4. The molecule has 0 fully saturated rings. The van der Waals surface area contributed by atoms with Crippen molar-refractivity contribution in [2.24, 2.45) is 0 Å². The van der Waals surface area contributed by atoms with Gasteiger partial charge < -0.3 is 39.4 Å². The van der Waals surface area contributed by atoms with Gasteiger partial charge >= 0.3 is 0 Å². The summed E-state index contributed by atoms with van der Waals surface area (Å²) < 4.78 is 22.8. The molecule has 0 spiro atoms. The van der Waals surface area contributed by atoms with E-state index in [0.717, 1.165) is 39.2 Å². The molecule has 0 aromatic carbocycles. The Labute approximate surface area is 495 Å². The van der Waals surface area contributed by atoms with Crippen LogP contribution in [0.3, 0.4) is 0 Å². The number of anilines is 3. The van der Waals surface area contributed by atoms with Gasteiger partial charge in [0, 0.05) is 41.2 Å². The summed E-state index contributed by atoms with van der Waals surface area (Å²) in [7, 11) is 4.16. The average molecular weight is 1140 g/mol. The van der Waals surface area contributed by atoms with Crippen LogP contribution >= 0.6 is 0 Å². The first-order valence-electron chi connectivity index (χ1n) is 34.0. The highest BCUT2D eigenvalue weighted by Crippen LogP contribution is 2.21. The molecule has 0 saturated carbocycles. The lowest BCUT2D eigenvalue weighted by molar-refractivity contribution is 0.100. The van der Waals surface area contributed by atoms with E-state index < -0.39 is 0 Å². The number of rotatable bonds is 63. The van der Waals surface area contributed by atoms with E-state index >= 15 is 0 Å². The molecule has 0 aliphatic heterocycles. The van der Waals surface area contributed by atoms with Crippen LogP contribution in [-0.2, 0) is 18.9 Å². The van der Waals surface area contributed by atoms with Gasteiger partial charge in [0.1, 0.15) is 40.4 Å². The van der Waals surface area contributed by atoms with Gasteiger partial charge in [-0.25, -0.2) is 0 Å². The minimum Gasteiger partial charge on any atom is -0.400 e. The van der Waals surface area contributed by atoms with E-state index in [-0.39, 0.29) is 52.3 Å². The normalized spacial score (nSPS) is 11.2. The van der Waals surface area contributed by atoms with Crippen molar-refractivity contribution in [3.63, 3.8) is 0 Å². The van der Waals surface area contributed by atoms with Gasteiger partial charge in [0.05, 0.1) is 0 Å². The Balaban J connectivity index is 0. The van der Waals surface area contributed by atoms with Crippen molar-refractivity contribution in [1.29, 1.82) is 0 Å². The van der Waals surface area contributed by atoms with Crippen LogP contribution in [0.1, 0.15) is 329 Å². The fourth-order valence-electron chi connectivity index (χ4n) is 10.1. The second kappa shape index (κ2) is 69.6. The third kappa shape index (κ3) is 55.3. The van der Waals surface area contributed by atoms with Crippen molar-refractivity contribution in [1.82, 2.24) is 15.0 Å². The average Bonchev–Trinajstić information content (AvgIpc) is 3.50. The van der Waals surface area contributed by atoms with Crippen LogP contribution in [0.4, 0.5) is 17.8 Å². The number of ether oxygens (including phenoxy) is 4. The first-order chi connectivity index (χ1) is 39.6. The molecule has 0 aliphatic carbocycles. The van der Waals surface area contributed by atoms with Crippen molar-refractivity contribution < 1.29 is 39.4 Å². The Hall–Kier alpha value is -1.91. The highest BCUT2D eigenvalue weighted by atomic mass is 16.5. The Morgan fingerprint density at radius 2 is 0.475 bits per heavy atom. The SMILES string of the molecule is CCCCCCCCCCCCCCCCCCO.CCCCCCCCCCCCCCCCCCOCN(CO)c1nc(N(CO)COC)nc(N(COC)COCCCCCCCCCCCCCCCCCC)n1.CO. The maximum absolute atomic E-state index is 10.3. The topological polar surface area (TPSA) is 166 Å². The van der Waals surface area contributed by atoms with Gasteiger partial charge in [-0.15, -0.1) is 0 Å². The predicted octanol–water partition coefficient (Wildman–Crippen LogP) is 17.7. The van der Waals surface area contributed by atoms with Gasteiger partial charge in [0.25, 0.3) is 0 Å². The van der Waals surface area contributed by atoms with Gasteiger partial charge in [-0.05, 0) is 19.3 Å². The summed E-state index contributed by atoms with van der Waals surface area (Å²) >= 11 is 0. The number of methoxy groups -OCH3 is 2. The zero-order valence-electron chi connectivity index (χ0n) is 53.9. The molecule has 1 rings (SSSR count). The molecule has 0 amide bonds. The largest absolute Gasteiger partial charge is 0.400 e. The van der Waals surface area contributed by atoms with Crippen molar-refractivity contribution >= 4 is 17.8 Å². The first-order valence-corrected chi connectivity index (χ1v) is 34.0. The Morgan fingerprint density at radius 1 is 0.275 bits per heavy atom. The molecule has 0 saturated heterocycles. The second-order valence-corrected chi connectivity index (χ2v) is 22.7. The molecule has 14 nitrogen and oxygen atoms in total. The summed E-state index contributed by atoms with van der Waals surface area (Å²) in [5, 5.41) is 36.1. The Kier molecular flexibility index (Phi) is 69.7. The monoisotopic (exact) mass is 1140 g/mol. The minimum absolute atomic E-state index is 0.0777. The molecular formula is C66H136N6O8. The maximum Gasteiger partial charge on any atom is 0.235 e. The van der Waals surface area contributed by atoms with Gasteiger partial charge in [-0.3, -0.25) is 14.7 Å². The molecule has 4 N–H and O–H groups in total. The van der Waals surface area contributed by atoms with E-state index in [1.807, 2.05) is 0 Å². The molecule has 80 heavy (non-hydrogen) atoms. The van der Waals surface area contributed by atoms with Gasteiger partial charge in [-0.1, -0.05) is 310 Å². The molecule has 0 unspecified atom stereocenters. The van der Waals surface area contributed by atoms with Crippen LogP contribution in [0.25, 0.3) is 0 Å². The quantitative estimate of drug-likeness (QED) is 0.0359. The third-order valence-corrected chi connectivity index (χ3v) is 15.2. The van der Waals surface area contributed by atoms with Crippen molar-refractivity contribution in [2.75, 3.05) is 96.2 Å². The van der Waals surface area contributed by atoms with Crippen molar-refractivity contribution in [3.8, 4) is 0 Å². The van der Waals surface area contributed by atoms with Crippen LogP contribution in [0.15, 0.2) is 0 Å². The van der Waals surface area contributed by atoms with Crippen molar-refractivity contribution in [2.45, 2.75) is 329 Å². The third-order valence-electron chi connectivity index (χ3n) is 15.2. The predicted molar refractivity (Wildman–Crippen MR) is 341 cm³/mol. The number of aliphatic hydroxyl groups is 4. The molecule has 1 aromatic rings. The number of hydrogen-bond acceptors (Lipinski definition) is 14. The number of hydrogen-bond donors (Lipinski definition) is 4. The zero-order valence-corrected chi connectivity index (χ0v) is 53.9. The summed E-state index contributed by atoms with van der Waals surface area (Å²) in [5.41, 5.74) is 0. The molecule has 1 aromatic heterocycles. The lowest BCUT2D eigenvalue weighted by Gasteiger charge is -2.27. The van der Waals surface area contributed by atoms with Crippen LogP contribution in [-0.4, -0.2) is 117 Å². The van der Waals surface area contributed by atoms with Crippen LogP contribution in [0.5, 0.6) is 0 Å². The standard InChI is InChI=1S/C47H94N6O6.C18H38O.CH4O/c1-5-7-9-11-13-15-17-19-21-23-25-27-29-31-33-35-37-58-43-52(40-55)46-48-45(51(39-54)41-56-3)49-47(50-46)53(42-57-4)44-59-38-36-34-32-30-28-26-24-22-20-18-16-14-12-10-8-6-2;1-2-3-4-5-6-7-8-9-10-11-12-13-14-15-16-17-18-19;1-2/h54-55H,5-44H2,1-4H3;19H,2-18H2,1H3;2H,1H3. The zero-order chi connectivity index (χ0) is 58.7. The lowest BCUT2D eigenvalue weighted by Crippen LogP contribution is -2.35. The molecule has 0 atom stereocenters. The van der Waals surface area contributed by atoms with Crippen LogP contribution < -0.4 is 14.7 Å². The first kappa shape index (κ1) is 80.2. The van der Waals surface area contributed by atoms with Gasteiger partial charge in [-0.2, -0.15) is 15.0 Å². The van der Waals surface area contributed by atoms with E-state index in [1.54, 1.807) is 24.0 Å². The minimum atomic E-state index is -0.356. The molecule has 0 bridgehead atoms. The summed E-state index contributed by atoms with van der Waals surface area (Å²) in [6.07, 6.45) is 64.7. The van der Waals surface area contributed by atoms with E-state index in [0.29, 0.717) is 25.8 Å². The summed E-state index contributed by atoms with van der Waals surface area (Å²) in [6.45, 7) is 8.38. The van der Waals surface area contributed by atoms with Gasteiger partial charge in [0.2, 0.25) is 17.8 Å². The molecule has 14 heteroatoms. The number of aromatic nitrogens is 3.